The van der Waals surface area contributed by atoms with Crippen LogP contribution in [0.5, 0.6) is 0 Å². The molecular formula is C18H20ClN5O2. The van der Waals surface area contributed by atoms with Crippen molar-refractivity contribution < 1.29 is 4.79 Å². The zero-order valence-corrected chi connectivity index (χ0v) is 15.5. The minimum Gasteiger partial charge on any atom is -0.356 e. The van der Waals surface area contributed by atoms with Crippen molar-refractivity contribution >= 4 is 28.4 Å². The van der Waals surface area contributed by atoms with Gasteiger partial charge in [-0.3, -0.25) is 14.3 Å². The lowest BCUT2D eigenvalue weighted by molar-refractivity contribution is -0.120. The normalized spacial score (nSPS) is 11.0. The lowest BCUT2D eigenvalue weighted by atomic mass is 10.2. The highest BCUT2D eigenvalue weighted by Crippen LogP contribution is 2.22. The van der Waals surface area contributed by atoms with Crippen molar-refractivity contribution in [3.63, 3.8) is 0 Å². The largest absolute Gasteiger partial charge is 0.356 e. The quantitative estimate of drug-likeness (QED) is 0.668. The van der Waals surface area contributed by atoms with Crippen LogP contribution in [0.3, 0.4) is 0 Å². The monoisotopic (exact) mass is 373 g/mol. The van der Waals surface area contributed by atoms with Crippen LogP contribution in [0.1, 0.15) is 17.7 Å². The number of carbonyl (C=O) groups excluding carboxylic acids is 1. The Balaban J connectivity index is 1.52. The fourth-order valence-corrected chi connectivity index (χ4v) is 3.01. The van der Waals surface area contributed by atoms with E-state index in [0.717, 1.165) is 17.3 Å². The van der Waals surface area contributed by atoms with E-state index in [9.17, 15) is 9.59 Å². The first-order chi connectivity index (χ1) is 12.5. The van der Waals surface area contributed by atoms with E-state index in [0.29, 0.717) is 29.4 Å². The van der Waals surface area contributed by atoms with Gasteiger partial charge in [0, 0.05) is 31.1 Å². The SMILES string of the molecule is Cc1c(CC(=O)NCCCn2ncc3c(Cl)cccc32)ncn(C)c1=O. The number of aryl methyl sites for hydroxylation is 2. The molecule has 3 aromatic rings. The Bertz CT molecular complexity index is 1010. The number of nitrogens with one attached hydrogen (secondary N) is 1. The summed E-state index contributed by atoms with van der Waals surface area (Å²) in [5.41, 5.74) is 1.86. The number of rotatable bonds is 6. The molecule has 1 aromatic carbocycles. The number of hydrogen-bond acceptors (Lipinski definition) is 4. The van der Waals surface area contributed by atoms with Gasteiger partial charge in [0.15, 0.2) is 0 Å². The van der Waals surface area contributed by atoms with Crippen LogP contribution >= 0.6 is 11.6 Å². The van der Waals surface area contributed by atoms with Crippen molar-refractivity contribution in [2.45, 2.75) is 26.3 Å². The van der Waals surface area contributed by atoms with E-state index in [1.165, 1.54) is 10.9 Å². The Morgan fingerprint density at radius 3 is 2.96 bits per heavy atom. The minimum atomic E-state index is -0.151. The summed E-state index contributed by atoms with van der Waals surface area (Å²) in [5.74, 6) is -0.151. The van der Waals surface area contributed by atoms with Crippen LogP contribution in [0.25, 0.3) is 10.9 Å². The molecule has 0 spiro atoms. The average molecular weight is 374 g/mol. The summed E-state index contributed by atoms with van der Waals surface area (Å²) in [7, 11) is 1.64. The molecule has 0 aliphatic carbocycles. The van der Waals surface area contributed by atoms with Gasteiger partial charge in [-0.15, -0.1) is 0 Å². The van der Waals surface area contributed by atoms with Crippen LogP contribution in [0.4, 0.5) is 0 Å². The van der Waals surface area contributed by atoms with Gasteiger partial charge >= 0.3 is 0 Å². The van der Waals surface area contributed by atoms with E-state index < -0.39 is 0 Å². The lowest BCUT2D eigenvalue weighted by Crippen LogP contribution is -2.29. The average Bonchev–Trinajstić information content (AvgIpc) is 3.04. The predicted molar refractivity (Wildman–Crippen MR) is 100 cm³/mol. The third-order valence-electron chi connectivity index (χ3n) is 4.29. The molecule has 0 fully saturated rings. The highest BCUT2D eigenvalue weighted by atomic mass is 35.5. The molecule has 0 bridgehead atoms. The van der Waals surface area contributed by atoms with E-state index >= 15 is 0 Å². The summed E-state index contributed by atoms with van der Waals surface area (Å²) in [6.07, 6.45) is 4.02. The maximum absolute atomic E-state index is 12.1. The summed E-state index contributed by atoms with van der Waals surface area (Å²) in [6, 6.07) is 5.70. The van der Waals surface area contributed by atoms with Crippen molar-refractivity contribution in [2.24, 2.45) is 7.05 Å². The van der Waals surface area contributed by atoms with Gasteiger partial charge in [0.1, 0.15) is 0 Å². The summed E-state index contributed by atoms with van der Waals surface area (Å²) in [4.78, 5) is 28.1. The van der Waals surface area contributed by atoms with Gasteiger partial charge in [-0.2, -0.15) is 5.10 Å². The maximum atomic E-state index is 12.1. The molecule has 0 radical (unpaired) electrons. The van der Waals surface area contributed by atoms with Crippen molar-refractivity contribution in [3.05, 3.63) is 57.4 Å². The molecule has 7 nitrogen and oxygen atoms in total. The zero-order chi connectivity index (χ0) is 18.7. The molecule has 0 unspecified atom stereocenters. The summed E-state index contributed by atoms with van der Waals surface area (Å²) in [5, 5.41) is 8.80. The molecule has 1 N–H and O–H groups in total. The predicted octanol–water partition coefficient (Wildman–Crippen LogP) is 1.84. The fourth-order valence-electron chi connectivity index (χ4n) is 2.79. The van der Waals surface area contributed by atoms with Gasteiger partial charge in [0.25, 0.3) is 5.56 Å². The van der Waals surface area contributed by atoms with Gasteiger partial charge in [-0.25, -0.2) is 4.98 Å². The van der Waals surface area contributed by atoms with Crippen molar-refractivity contribution in [3.8, 4) is 0 Å². The highest BCUT2D eigenvalue weighted by molar-refractivity contribution is 6.35. The van der Waals surface area contributed by atoms with Gasteiger partial charge in [0.2, 0.25) is 5.91 Å². The summed E-state index contributed by atoms with van der Waals surface area (Å²) < 4.78 is 3.28. The molecule has 0 aliphatic rings. The number of carbonyl (C=O) groups is 1. The highest BCUT2D eigenvalue weighted by Gasteiger charge is 2.10. The number of halogens is 1. The van der Waals surface area contributed by atoms with Crippen LogP contribution < -0.4 is 10.9 Å². The Morgan fingerprint density at radius 2 is 2.15 bits per heavy atom. The Hall–Kier alpha value is -2.67. The van der Waals surface area contributed by atoms with Crippen LogP contribution in [0, 0.1) is 6.92 Å². The van der Waals surface area contributed by atoms with Gasteiger partial charge in [-0.05, 0) is 25.5 Å². The second-order valence-corrected chi connectivity index (χ2v) is 6.56. The molecule has 136 valence electrons. The first-order valence-corrected chi connectivity index (χ1v) is 8.73. The van der Waals surface area contributed by atoms with Gasteiger partial charge in [0.05, 0.1) is 35.2 Å². The molecular weight excluding hydrogens is 354 g/mol. The van der Waals surface area contributed by atoms with Crippen LogP contribution in [-0.4, -0.2) is 31.8 Å². The van der Waals surface area contributed by atoms with Crippen LogP contribution in [0.15, 0.2) is 35.5 Å². The third-order valence-corrected chi connectivity index (χ3v) is 4.62. The Labute approximate surface area is 155 Å². The van der Waals surface area contributed by atoms with E-state index in [-0.39, 0.29) is 17.9 Å². The summed E-state index contributed by atoms with van der Waals surface area (Å²) >= 11 is 6.14. The molecule has 0 saturated carbocycles. The van der Waals surface area contributed by atoms with Crippen molar-refractivity contribution in [2.75, 3.05) is 6.54 Å². The van der Waals surface area contributed by atoms with Crippen molar-refractivity contribution in [1.29, 1.82) is 0 Å². The number of aromatic nitrogens is 4. The molecule has 1 amide bonds. The van der Waals surface area contributed by atoms with E-state index in [2.05, 4.69) is 15.4 Å². The van der Waals surface area contributed by atoms with Crippen LogP contribution in [0.2, 0.25) is 5.02 Å². The number of hydrogen-bond donors (Lipinski definition) is 1. The summed E-state index contributed by atoms with van der Waals surface area (Å²) in [6.45, 7) is 2.88. The van der Waals surface area contributed by atoms with E-state index in [1.54, 1.807) is 20.2 Å². The fraction of sp³-hybridized carbons (Fsp3) is 0.333. The number of benzene rings is 1. The number of amides is 1. The minimum absolute atomic E-state index is 0.0994. The topological polar surface area (TPSA) is 81.8 Å². The van der Waals surface area contributed by atoms with Crippen LogP contribution in [-0.2, 0) is 24.8 Å². The molecule has 0 saturated heterocycles. The van der Waals surface area contributed by atoms with Gasteiger partial charge in [-0.1, -0.05) is 17.7 Å². The molecule has 3 rings (SSSR count). The first kappa shape index (κ1) is 18.1. The van der Waals surface area contributed by atoms with Crippen molar-refractivity contribution in [1.82, 2.24) is 24.6 Å². The second kappa shape index (κ2) is 7.70. The first-order valence-electron chi connectivity index (χ1n) is 8.35. The third kappa shape index (κ3) is 3.77. The van der Waals surface area contributed by atoms with E-state index in [1.807, 2.05) is 22.9 Å². The molecule has 2 aromatic heterocycles. The number of fused-ring (bicyclic) bond motifs is 1. The van der Waals surface area contributed by atoms with E-state index in [4.69, 9.17) is 11.6 Å². The molecule has 0 atom stereocenters. The maximum Gasteiger partial charge on any atom is 0.256 e. The zero-order valence-electron chi connectivity index (χ0n) is 14.7. The second-order valence-electron chi connectivity index (χ2n) is 6.15. The lowest BCUT2D eigenvalue weighted by Gasteiger charge is -2.08. The molecule has 2 heterocycles. The molecule has 0 aliphatic heterocycles. The van der Waals surface area contributed by atoms with Gasteiger partial charge < -0.3 is 9.88 Å². The Kier molecular flexibility index (Phi) is 5.37. The Morgan fingerprint density at radius 1 is 1.35 bits per heavy atom. The molecule has 26 heavy (non-hydrogen) atoms. The smallest absolute Gasteiger partial charge is 0.256 e. The number of nitrogens with zero attached hydrogens (tertiary/aromatic N) is 4. The molecule has 8 heteroatoms. The standard InChI is InChI=1S/C18H20ClN5O2/c1-12-15(21-11-23(2)18(12)26)9-17(25)20-7-4-8-24-16-6-3-5-14(19)13(16)10-22-24/h3,5-6,10-11H,4,7-9H2,1-2H3,(H,20,25).